The molecule has 0 unspecified atom stereocenters. The number of rotatable bonds is 6. The third kappa shape index (κ3) is 3.99. The summed E-state index contributed by atoms with van der Waals surface area (Å²) in [6.07, 6.45) is 0.880. The molecule has 0 aromatic heterocycles. The third-order valence-corrected chi connectivity index (χ3v) is 3.82. The Balaban J connectivity index is 1.80. The van der Waals surface area contributed by atoms with E-state index in [2.05, 4.69) is 48.5 Å². The second-order valence-corrected chi connectivity index (χ2v) is 5.50. The zero-order valence-corrected chi connectivity index (χ0v) is 13.1. The highest BCUT2D eigenvalue weighted by Gasteiger charge is 2.05. The van der Waals surface area contributed by atoms with Crippen molar-refractivity contribution in [3.63, 3.8) is 0 Å². The van der Waals surface area contributed by atoms with Gasteiger partial charge in [0.2, 0.25) is 0 Å². The molecule has 0 aliphatic heterocycles. The van der Waals surface area contributed by atoms with E-state index in [1.165, 1.54) is 22.3 Å². The average molecular weight is 303 g/mol. The van der Waals surface area contributed by atoms with E-state index in [1.54, 1.807) is 0 Å². The number of ether oxygens (including phenoxy) is 1. The molecular formula is C21H21NO. The van der Waals surface area contributed by atoms with Gasteiger partial charge in [0.15, 0.2) is 0 Å². The van der Waals surface area contributed by atoms with Crippen molar-refractivity contribution in [2.24, 2.45) is 5.73 Å². The first-order chi connectivity index (χ1) is 11.4. The van der Waals surface area contributed by atoms with Crippen LogP contribution in [-0.4, -0.2) is 6.54 Å². The maximum absolute atomic E-state index is 5.93. The summed E-state index contributed by atoms with van der Waals surface area (Å²) in [6, 6.07) is 26.9. The Morgan fingerprint density at radius 3 is 2.39 bits per heavy atom. The lowest BCUT2D eigenvalue weighted by molar-refractivity contribution is 0.306. The summed E-state index contributed by atoms with van der Waals surface area (Å²) >= 11 is 0. The first-order valence-corrected chi connectivity index (χ1v) is 7.92. The topological polar surface area (TPSA) is 35.2 Å². The van der Waals surface area contributed by atoms with Crippen molar-refractivity contribution in [2.75, 3.05) is 6.54 Å². The predicted octanol–water partition coefficient (Wildman–Crippen LogP) is 4.43. The fourth-order valence-corrected chi connectivity index (χ4v) is 2.67. The van der Waals surface area contributed by atoms with Gasteiger partial charge in [-0.1, -0.05) is 66.7 Å². The highest BCUT2D eigenvalue weighted by atomic mass is 16.5. The molecule has 2 heteroatoms. The molecule has 0 saturated carbocycles. The monoisotopic (exact) mass is 303 g/mol. The number of benzene rings is 3. The molecular weight excluding hydrogens is 282 g/mol. The lowest BCUT2D eigenvalue weighted by atomic mass is 9.97. The summed E-state index contributed by atoms with van der Waals surface area (Å²) in [5.74, 6) is 0.883. The van der Waals surface area contributed by atoms with Crippen LogP contribution in [0.2, 0.25) is 0 Å². The van der Waals surface area contributed by atoms with Crippen LogP contribution >= 0.6 is 0 Å². The van der Waals surface area contributed by atoms with Crippen LogP contribution in [-0.2, 0) is 13.0 Å². The fraction of sp³-hybridized carbons (Fsp3) is 0.143. The molecule has 0 aliphatic carbocycles. The second kappa shape index (κ2) is 7.61. The fourth-order valence-electron chi connectivity index (χ4n) is 2.67. The lowest BCUT2D eigenvalue weighted by Gasteiger charge is -2.11. The number of hydrogen-bond donors (Lipinski definition) is 1. The summed E-state index contributed by atoms with van der Waals surface area (Å²) in [7, 11) is 0. The zero-order chi connectivity index (χ0) is 15.9. The van der Waals surface area contributed by atoms with Crippen LogP contribution in [0.15, 0.2) is 78.9 Å². The standard InChI is InChI=1S/C21H21NO/c22-14-13-18-9-4-5-12-21(18)19-10-6-11-20(15-19)23-16-17-7-2-1-3-8-17/h1-12,15H,13-14,16,22H2. The van der Waals surface area contributed by atoms with Gasteiger partial charge in [-0.15, -0.1) is 0 Å². The molecule has 0 aliphatic rings. The van der Waals surface area contributed by atoms with Crippen LogP contribution < -0.4 is 10.5 Å². The minimum atomic E-state index is 0.578. The van der Waals surface area contributed by atoms with Crippen LogP contribution in [0.5, 0.6) is 5.75 Å². The van der Waals surface area contributed by atoms with E-state index in [0.717, 1.165) is 12.2 Å². The van der Waals surface area contributed by atoms with Crippen LogP contribution in [0.3, 0.4) is 0 Å². The Morgan fingerprint density at radius 1 is 0.783 bits per heavy atom. The zero-order valence-electron chi connectivity index (χ0n) is 13.1. The SMILES string of the molecule is NCCc1ccccc1-c1cccc(OCc2ccccc2)c1. The van der Waals surface area contributed by atoms with E-state index >= 15 is 0 Å². The summed E-state index contributed by atoms with van der Waals surface area (Å²) in [5, 5.41) is 0. The van der Waals surface area contributed by atoms with Gasteiger partial charge in [-0.3, -0.25) is 0 Å². The Morgan fingerprint density at radius 2 is 1.57 bits per heavy atom. The van der Waals surface area contributed by atoms with Gasteiger partial charge >= 0.3 is 0 Å². The number of nitrogens with two attached hydrogens (primary N) is 1. The van der Waals surface area contributed by atoms with Gasteiger partial charge in [0.05, 0.1) is 0 Å². The van der Waals surface area contributed by atoms with E-state index in [-0.39, 0.29) is 0 Å². The smallest absolute Gasteiger partial charge is 0.120 e. The van der Waals surface area contributed by atoms with E-state index in [9.17, 15) is 0 Å². The molecule has 0 fully saturated rings. The Labute approximate surface area is 137 Å². The van der Waals surface area contributed by atoms with Crippen molar-refractivity contribution >= 4 is 0 Å². The minimum absolute atomic E-state index is 0.578. The van der Waals surface area contributed by atoms with E-state index < -0.39 is 0 Å². The molecule has 0 atom stereocenters. The van der Waals surface area contributed by atoms with Crippen molar-refractivity contribution < 1.29 is 4.74 Å². The molecule has 3 aromatic rings. The largest absolute Gasteiger partial charge is 0.489 e. The Bertz CT molecular complexity index is 753. The van der Waals surface area contributed by atoms with Gasteiger partial charge in [-0.05, 0) is 47.4 Å². The highest BCUT2D eigenvalue weighted by molar-refractivity contribution is 5.68. The van der Waals surface area contributed by atoms with Crippen molar-refractivity contribution in [1.29, 1.82) is 0 Å². The molecule has 2 nitrogen and oxygen atoms in total. The molecule has 0 bridgehead atoms. The van der Waals surface area contributed by atoms with Crippen molar-refractivity contribution in [2.45, 2.75) is 13.0 Å². The highest BCUT2D eigenvalue weighted by Crippen LogP contribution is 2.27. The third-order valence-electron chi connectivity index (χ3n) is 3.82. The molecule has 2 N–H and O–H groups in total. The van der Waals surface area contributed by atoms with Crippen molar-refractivity contribution in [3.8, 4) is 16.9 Å². The van der Waals surface area contributed by atoms with Gasteiger partial charge in [0, 0.05) is 0 Å². The quantitative estimate of drug-likeness (QED) is 0.731. The molecule has 0 amide bonds. The van der Waals surface area contributed by atoms with Crippen LogP contribution in [0, 0.1) is 0 Å². The molecule has 23 heavy (non-hydrogen) atoms. The van der Waals surface area contributed by atoms with Gasteiger partial charge < -0.3 is 10.5 Å². The van der Waals surface area contributed by atoms with Crippen molar-refractivity contribution in [1.82, 2.24) is 0 Å². The van der Waals surface area contributed by atoms with E-state index in [1.807, 2.05) is 30.3 Å². The van der Waals surface area contributed by atoms with Crippen molar-refractivity contribution in [3.05, 3.63) is 90.0 Å². The summed E-state index contributed by atoms with van der Waals surface area (Å²) in [4.78, 5) is 0. The summed E-state index contributed by atoms with van der Waals surface area (Å²) < 4.78 is 5.93. The van der Waals surface area contributed by atoms with Crippen LogP contribution in [0.4, 0.5) is 0 Å². The minimum Gasteiger partial charge on any atom is -0.489 e. The average Bonchev–Trinajstić information content (AvgIpc) is 2.62. The molecule has 0 spiro atoms. The first kappa shape index (κ1) is 15.3. The van der Waals surface area contributed by atoms with Gasteiger partial charge in [0.1, 0.15) is 12.4 Å². The van der Waals surface area contributed by atoms with E-state index in [4.69, 9.17) is 10.5 Å². The molecule has 3 aromatic carbocycles. The second-order valence-electron chi connectivity index (χ2n) is 5.50. The first-order valence-electron chi connectivity index (χ1n) is 7.92. The Hall–Kier alpha value is -2.58. The molecule has 0 saturated heterocycles. The molecule has 3 rings (SSSR count). The van der Waals surface area contributed by atoms with Gasteiger partial charge in [0.25, 0.3) is 0 Å². The summed E-state index contributed by atoms with van der Waals surface area (Å²) in [6.45, 7) is 1.23. The summed E-state index contributed by atoms with van der Waals surface area (Å²) in [5.41, 5.74) is 10.6. The maximum atomic E-state index is 5.93. The van der Waals surface area contributed by atoms with Gasteiger partial charge in [-0.25, -0.2) is 0 Å². The maximum Gasteiger partial charge on any atom is 0.120 e. The van der Waals surface area contributed by atoms with Crippen LogP contribution in [0.25, 0.3) is 11.1 Å². The normalized spacial score (nSPS) is 10.5. The van der Waals surface area contributed by atoms with Gasteiger partial charge in [-0.2, -0.15) is 0 Å². The Kier molecular flexibility index (Phi) is 5.07. The van der Waals surface area contributed by atoms with E-state index in [0.29, 0.717) is 13.2 Å². The molecule has 116 valence electrons. The predicted molar refractivity (Wildman–Crippen MR) is 95.4 cm³/mol. The molecule has 0 radical (unpaired) electrons. The molecule has 0 heterocycles. The van der Waals surface area contributed by atoms with Crippen LogP contribution in [0.1, 0.15) is 11.1 Å². The lowest BCUT2D eigenvalue weighted by Crippen LogP contribution is -2.03. The number of hydrogen-bond acceptors (Lipinski definition) is 2.